The summed E-state index contributed by atoms with van der Waals surface area (Å²) < 4.78 is 37.9. The van der Waals surface area contributed by atoms with Crippen LogP contribution in [0.3, 0.4) is 0 Å². The molecule has 32 heavy (non-hydrogen) atoms. The van der Waals surface area contributed by atoms with Crippen LogP contribution in [-0.2, 0) is 9.53 Å². The molecule has 1 aliphatic carbocycles. The smallest absolute Gasteiger partial charge is 0.323 e. The first-order chi connectivity index (χ1) is 15.3. The zero-order valence-corrected chi connectivity index (χ0v) is 17.4. The molecule has 0 spiro atoms. The van der Waals surface area contributed by atoms with Gasteiger partial charge in [0.05, 0.1) is 18.8 Å². The molecule has 1 fully saturated rings. The molecular weight excluding hydrogens is 418 g/mol. The summed E-state index contributed by atoms with van der Waals surface area (Å²) >= 11 is 0. The fraction of sp³-hybridized carbons (Fsp3) is 0.250. The average Bonchev–Trinajstić information content (AvgIpc) is 2.74. The Morgan fingerprint density at radius 1 is 1.06 bits per heavy atom. The van der Waals surface area contributed by atoms with E-state index in [-0.39, 0.29) is 22.8 Å². The van der Waals surface area contributed by atoms with Gasteiger partial charge in [0.15, 0.2) is 11.4 Å². The summed E-state index contributed by atoms with van der Waals surface area (Å²) in [6, 6.07) is 10.7. The molecule has 0 unspecified atom stereocenters. The van der Waals surface area contributed by atoms with Crippen LogP contribution in [-0.4, -0.2) is 30.6 Å². The Morgan fingerprint density at radius 3 is 2.34 bits per heavy atom. The molecule has 2 aromatic carbocycles. The number of ketones is 1. The van der Waals surface area contributed by atoms with Gasteiger partial charge in [-0.2, -0.15) is 0 Å². The van der Waals surface area contributed by atoms with Gasteiger partial charge in [0.1, 0.15) is 5.75 Å². The molecule has 0 aromatic heterocycles. The average molecular weight is 440 g/mol. The van der Waals surface area contributed by atoms with E-state index in [0.717, 1.165) is 11.1 Å². The molecule has 0 saturated carbocycles. The summed E-state index contributed by atoms with van der Waals surface area (Å²) in [6.07, 6.45) is 2.76. The largest absolute Gasteiger partial charge is 0.482 e. The minimum absolute atomic E-state index is 0.0598. The van der Waals surface area contributed by atoms with Crippen LogP contribution in [0.4, 0.5) is 25.0 Å². The van der Waals surface area contributed by atoms with E-state index >= 15 is 0 Å². The third kappa shape index (κ3) is 5.03. The number of rotatable bonds is 6. The van der Waals surface area contributed by atoms with E-state index in [1.54, 1.807) is 31.2 Å². The van der Waals surface area contributed by atoms with Crippen LogP contribution >= 0.6 is 0 Å². The maximum Gasteiger partial charge on any atom is 0.323 e. The lowest BCUT2D eigenvalue weighted by Crippen LogP contribution is -2.51. The van der Waals surface area contributed by atoms with Gasteiger partial charge in [0.25, 0.3) is 6.43 Å². The highest BCUT2D eigenvalue weighted by atomic mass is 19.3. The Morgan fingerprint density at radius 2 is 1.75 bits per heavy atom. The van der Waals surface area contributed by atoms with Crippen molar-refractivity contribution in [3.8, 4) is 5.75 Å². The fourth-order valence-corrected chi connectivity index (χ4v) is 3.39. The molecule has 1 aliphatic heterocycles. The molecule has 1 heterocycles. The lowest BCUT2D eigenvalue weighted by Gasteiger charge is -2.38. The number of hydrogen-bond donors (Lipinski definition) is 2. The number of carbonyl (C=O) groups excluding carboxylic acids is 2. The standard InChI is InChI=1S/C24H22F2N2O4/c1-24(13-31-14-24)32-21-11-8-18(12-20(21)22(25)26)28-23(30)27-17-6-2-15(3-7-17)16-4-9-19(29)10-5-16/h2-9,11-12,22H,10,13-14H2,1H3,(H2,27,28,30). The number of halogens is 2. The van der Waals surface area contributed by atoms with Gasteiger partial charge in [0.2, 0.25) is 0 Å². The first-order valence-corrected chi connectivity index (χ1v) is 10.1. The van der Waals surface area contributed by atoms with Gasteiger partial charge in [-0.05, 0) is 54.5 Å². The van der Waals surface area contributed by atoms with Crippen molar-refractivity contribution >= 4 is 28.8 Å². The minimum atomic E-state index is -2.76. The number of ether oxygens (including phenoxy) is 2. The minimum Gasteiger partial charge on any atom is -0.482 e. The van der Waals surface area contributed by atoms with Crippen LogP contribution in [0.2, 0.25) is 0 Å². The van der Waals surface area contributed by atoms with E-state index < -0.39 is 18.1 Å². The molecule has 2 amide bonds. The van der Waals surface area contributed by atoms with E-state index in [1.165, 1.54) is 18.2 Å². The van der Waals surface area contributed by atoms with Crippen LogP contribution in [0.1, 0.15) is 30.9 Å². The van der Waals surface area contributed by atoms with Crippen molar-refractivity contribution in [2.45, 2.75) is 25.4 Å². The third-order valence-electron chi connectivity index (χ3n) is 5.12. The highest BCUT2D eigenvalue weighted by molar-refractivity contribution is 6.00. The maximum atomic E-state index is 13.5. The lowest BCUT2D eigenvalue weighted by molar-refractivity contribution is -0.150. The lowest BCUT2D eigenvalue weighted by atomic mass is 9.99. The second-order valence-corrected chi connectivity index (χ2v) is 7.92. The van der Waals surface area contributed by atoms with Crippen molar-refractivity contribution in [1.82, 2.24) is 0 Å². The molecule has 0 bridgehead atoms. The zero-order valence-electron chi connectivity index (χ0n) is 17.4. The normalized spacial score (nSPS) is 16.9. The van der Waals surface area contributed by atoms with Crippen molar-refractivity contribution in [3.05, 3.63) is 71.8 Å². The van der Waals surface area contributed by atoms with Crippen LogP contribution in [0, 0.1) is 0 Å². The number of alkyl halides is 2. The highest BCUT2D eigenvalue weighted by Crippen LogP contribution is 2.35. The second kappa shape index (κ2) is 8.92. The van der Waals surface area contributed by atoms with Gasteiger partial charge in [0, 0.05) is 17.8 Å². The highest BCUT2D eigenvalue weighted by Gasteiger charge is 2.36. The van der Waals surface area contributed by atoms with Gasteiger partial charge < -0.3 is 20.1 Å². The third-order valence-corrected chi connectivity index (χ3v) is 5.12. The van der Waals surface area contributed by atoms with Crippen molar-refractivity contribution in [2.24, 2.45) is 0 Å². The number of urea groups is 1. The van der Waals surface area contributed by atoms with E-state index in [9.17, 15) is 18.4 Å². The first kappa shape index (κ1) is 21.7. The number of carbonyl (C=O) groups is 2. The Kier molecular flexibility index (Phi) is 6.05. The Labute approximate surface area is 183 Å². The number of allylic oxidation sites excluding steroid dienone is 4. The Balaban J connectivity index is 1.40. The number of hydrogen-bond acceptors (Lipinski definition) is 4. The quantitative estimate of drug-likeness (QED) is 0.635. The van der Waals surface area contributed by atoms with Crippen molar-refractivity contribution in [2.75, 3.05) is 23.8 Å². The van der Waals surface area contributed by atoms with Crippen LogP contribution in [0.25, 0.3) is 5.57 Å². The summed E-state index contributed by atoms with van der Waals surface area (Å²) in [5.41, 5.74) is 1.69. The topological polar surface area (TPSA) is 76.7 Å². The van der Waals surface area contributed by atoms with E-state index in [0.29, 0.717) is 25.3 Å². The molecular formula is C24H22F2N2O4. The Bertz CT molecular complexity index is 1090. The van der Waals surface area contributed by atoms with Gasteiger partial charge >= 0.3 is 6.03 Å². The molecule has 0 radical (unpaired) electrons. The SMILES string of the molecule is CC1(Oc2ccc(NC(=O)Nc3ccc(C4=CCC(=O)C=C4)cc3)cc2C(F)F)COC1. The van der Waals surface area contributed by atoms with Crippen molar-refractivity contribution in [3.63, 3.8) is 0 Å². The first-order valence-electron chi connectivity index (χ1n) is 10.1. The van der Waals surface area contributed by atoms with Crippen molar-refractivity contribution < 1.29 is 27.8 Å². The Hall–Kier alpha value is -3.52. The summed E-state index contributed by atoms with van der Waals surface area (Å²) in [6.45, 7) is 2.46. The summed E-state index contributed by atoms with van der Waals surface area (Å²) in [5.74, 6) is 0.129. The zero-order chi connectivity index (χ0) is 22.7. The number of anilines is 2. The molecule has 2 N–H and O–H groups in total. The van der Waals surface area contributed by atoms with Crippen LogP contribution < -0.4 is 15.4 Å². The predicted molar refractivity (Wildman–Crippen MR) is 117 cm³/mol. The van der Waals surface area contributed by atoms with Crippen LogP contribution in [0.5, 0.6) is 5.75 Å². The van der Waals surface area contributed by atoms with Gasteiger partial charge in [-0.25, -0.2) is 13.6 Å². The fourth-order valence-electron chi connectivity index (χ4n) is 3.39. The van der Waals surface area contributed by atoms with E-state index in [1.807, 2.05) is 18.2 Å². The molecule has 2 aromatic rings. The molecule has 0 atom stereocenters. The molecule has 6 nitrogen and oxygen atoms in total. The van der Waals surface area contributed by atoms with Crippen molar-refractivity contribution in [1.29, 1.82) is 0 Å². The van der Waals surface area contributed by atoms with E-state index in [4.69, 9.17) is 9.47 Å². The molecule has 8 heteroatoms. The summed E-state index contributed by atoms with van der Waals surface area (Å²) in [7, 11) is 0. The maximum absolute atomic E-state index is 13.5. The second-order valence-electron chi connectivity index (χ2n) is 7.92. The van der Waals surface area contributed by atoms with E-state index in [2.05, 4.69) is 10.6 Å². The molecule has 4 rings (SSSR count). The van der Waals surface area contributed by atoms with Gasteiger partial charge in [-0.15, -0.1) is 0 Å². The summed E-state index contributed by atoms with van der Waals surface area (Å²) in [4.78, 5) is 23.6. The number of amides is 2. The number of benzene rings is 2. The monoisotopic (exact) mass is 440 g/mol. The predicted octanol–water partition coefficient (Wildman–Crippen LogP) is 5.35. The molecule has 2 aliphatic rings. The van der Waals surface area contributed by atoms with Crippen LogP contribution in [0.15, 0.2) is 60.7 Å². The summed E-state index contributed by atoms with van der Waals surface area (Å²) in [5, 5.41) is 5.23. The van der Waals surface area contributed by atoms with Gasteiger partial charge in [-0.3, -0.25) is 4.79 Å². The van der Waals surface area contributed by atoms with Gasteiger partial charge in [-0.1, -0.05) is 24.3 Å². The number of nitrogens with one attached hydrogen (secondary N) is 2. The molecule has 166 valence electrons. The molecule has 1 saturated heterocycles.